The Balaban J connectivity index is 4.27. The highest BCUT2D eigenvalue weighted by atomic mass is 16.5. The van der Waals surface area contributed by atoms with Crippen LogP contribution < -0.4 is 5.32 Å². The second-order valence-corrected chi connectivity index (χ2v) is 3.32. The molecule has 0 saturated carbocycles. The molecular weight excluding hydrogens is 198 g/mol. The van der Waals surface area contributed by atoms with Crippen LogP contribution in [-0.4, -0.2) is 36.2 Å². The van der Waals surface area contributed by atoms with E-state index in [1.54, 1.807) is 0 Å². The van der Waals surface area contributed by atoms with Crippen LogP contribution >= 0.6 is 0 Å². The van der Waals surface area contributed by atoms with Crippen LogP contribution in [0.5, 0.6) is 0 Å². The molecule has 0 aliphatic carbocycles. The first-order chi connectivity index (χ1) is 7.06. The van der Waals surface area contributed by atoms with Gasteiger partial charge < -0.3 is 15.2 Å². The van der Waals surface area contributed by atoms with Crippen molar-refractivity contribution in [2.75, 3.05) is 7.11 Å². The Kier molecular flexibility index (Phi) is 6.70. The SMILES string of the molecule is CCCC(NC(=O)C(CC)OC)C(=O)O. The van der Waals surface area contributed by atoms with Gasteiger partial charge in [0.2, 0.25) is 5.91 Å². The fourth-order valence-corrected chi connectivity index (χ4v) is 1.27. The summed E-state index contributed by atoms with van der Waals surface area (Å²) < 4.78 is 4.92. The molecule has 88 valence electrons. The Morgan fingerprint density at radius 2 is 2.00 bits per heavy atom. The van der Waals surface area contributed by atoms with Crippen molar-refractivity contribution < 1.29 is 19.4 Å². The molecule has 0 saturated heterocycles. The Morgan fingerprint density at radius 1 is 1.40 bits per heavy atom. The van der Waals surface area contributed by atoms with Crippen LogP contribution in [0.15, 0.2) is 0 Å². The lowest BCUT2D eigenvalue weighted by Gasteiger charge is -2.17. The number of rotatable bonds is 7. The lowest BCUT2D eigenvalue weighted by atomic mass is 10.1. The summed E-state index contributed by atoms with van der Waals surface area (Å²) >= 11 is 0. The van der Waals surface area contributed by atoms with Crippen LogP contribution in [0.4, 0.5) is 0 Å². The minimum atomic E-state index is -1.00. The molecule has 0 rings (SSSR count). The van der Waals surface area contributed by atoms with E-state index in [1.165, 1.54) is 7.11 Å². The first-order valence-corrected chi connectivity index (χ1v) is 5.12. The highest BCUT2D eigenvalue weighted by Gasteiger charge is 2.23. The van der Waals surface area contributed by atoms with Gasteiger partial charge in [-0.2, -0.15) is 0 Å². The lowest BCUT2D eigenvalue weighted by Crippen LogP contribution is -2.45. The van der Waals surface area contributed by atoms with Gasteiger partial charge >= 0.3 is 5.97 Å². The molecule has 2 unspecified atom stereocenters. The maximum Gasteiger partial charge on any atom is 0.326 e. The fourth-order valence-electron chi connectivity index (χ4n) is 1.27. The zero-order valence-corrected chi connectivity index (χ0v) is 9.45. The fraction of sp³-hybridized carbons (Fsp3) is 0.800. The monoisotopic (exact) mass is 217 g/mol. The number of amides is 1. The molecule has 0 aliphatic rings. The molecule has 0 aromatic rings. The molecule has 0 fully saturated rings. The summed E-state index contributed by atoms with van der Waals surface area (Å²) in [5, 5.41) is 11.3. The quantitative estimate of drug-likeness (QED) is 0.660. The number of hydrogen-bond acceptors (Lipinski definition) is 3. The van der Waals surface area contributed by atoms with Gasteiger partial charge in [-0.15, -0.1) is 0 Å². The van der Waals surface area contributed by atoms with E-state index in [0.29, 0.717) is 19.3 Å². The van der Waals surface area contributed by atoms with Crippen LogP contribution in [0.25, 0.3) is 0 Å². The van der Waals surface area contributed by atoms with Gasteiger partial charge in [0, 0.05) is 7.11 Å². The largest absolute Gasteiger partial charge is 0.480 e. The molecule has 0 aliphatic heterocycles. The zero-order valence-electron chi connectivity index (χ0n) is 9.45. The van der Waals surface area contributed by atoms with Crippen molar-refractivity contribution in [2.45, 2.75) is 45.3 Å². The third-order valence-electron chi connectivity index (χ3n) is 2.14. The molecular formula is C10H19NO4. The number of ether oxygens (including phenoxy) is 1. The minimum absolute atomic E-state index is 0.360. The maximum atomic E-state index is 11.5. The average molecular weight is 217 g/mol. The molecule has 0 aromatic heterocycles. The number of carbonyl (C=O) groups excluding carboxylic acids is 1. The Labute approximate surface area is 89.8 Å². The number of carboxylic acids is 1. The van der Waals surface area contributed by atoms with Gasteiger partial charge in [0.1, 0.15) is 12.1 Å². The summed E-state index contributed by atoms with van der Waals surface area (Å²) in [7, 11) is 1.43. The minimum Gasteiger partial charge on any atom is -0.480 e. The number of aliphatic carboxylic acids is 1. The summed E-state index contributed by atoms with van der Waals surface area (Å²) in [4.78, 5) is 22.3. The number of hydrogen-bond donors (Lipinski definition) is 2. The molecule has 2 atom stereocenters. The van der Waals surface area contributed by atoms with E-state index in [9.17, 15) is 9.59 Å². The van der Waals surface area contributed by atoms with Crippen LogP contribution in [-0.2, 0) is 14.3 Å². The van der Waals surface area contributed by atoms with Crippen molar-refractivity contribution >= 4 is 11.9 Å². The van der Waals surface area contributed by atoms with Gasteiger partial charge in [-0.25, -0.2) is 4.79 Å². The van der Waals surface area contributed by atoms with Gasteiger partial charge in [0.25, 0.3) is 0 Å². The third kappa shape index (κ3) is 4.78. The van der Waals surface area contributed by atoms with E-state index < -0.39 is 18.1 Å². The Bertz CT molecular complexity index is 213. The van der Waals surface area contributed by atoms with Crippen LogP contribution in [0, 0.1) is 0 Å². The summed E-state index contributed by atoms with van der Waals surface area (Å²) in [5.41, 5.74) is 0. The van der Waals surface area contributed by atoms with Gasteiger partial charge in [-0.3, -0.25) is 4.79 Å². The molecule has 0 aromatic carbocycles. The normalized spacial score (nSPS) is 14.3. The van der Waals surface area contributed by atoms with Crippen molar-refractivity contribution in [3.05, 3.63) is 0 Å². The zero-order chi connectivity index (χ0) is 11.8. The maximum absolute atomic E-state index is 11.5. The molecule has 15 heavy (non-hydrogen) atoms. The molecule has 5 heteroatoms. The molecule has 1 amide bonds. The Morgan fingerprint density at radius 3 is 2.33 bits per heavy atom. The summed E-state index contributed by atoms with van der Waals surface area (Å²) in [6.07, 6.45) is 1.10. The van der Waals surface area contributed by atoms with Crippen molar-refractivity contribution in [1.82, 2.24) is 5.32 Å². The van der Waals surface area contributed by atoms with Crippen molar-refractivity contribution in [3.8, 4) is 0 Å². The average Bonchev–Trinajstić information content (AvgIpc) is 2.18. The summed E-state index contributed by atoms with van der Waals surface area (Å²) in [5.74, 6) is -1.36. The van der Waals surface area contributed by atoms with Gasteiger partial charge in [-0.05, 0) is 12.8 Å². The number of methoxy groups -OCH3 is 1. The van der Waals surface area contributed by atoms with Crippen LogP contribution in [0.1, 0.15) is 33.1 Å². The van der Waals surface area contributed by atoms with E-state index >= 15 is 0 Å². The molecule has 5 nitrogen and oxygen atoms in total. The molecule has 2 N–H and O–H groups in total. The van der Waals surface area contributed by atoms with Crippen molar-refractivity contribution in [1.29, 1.82) is 0 Å². The van der Waals surface area contributed by atoms with Gasteiger partial charge in [0.15, 0.2) is 0 Å². The van der Waals surface area contributed by atoms with Crippen molar-refractivity contribution in [3.63, 3.8) is 0 Å². The molecule has 0 heterocycles. The second kappa shape index (κ2) is 7.23. The highest BCUT2D eigenvalue weighted by molar-refractivity contribution is 5.86. The van der Waals surface area contributed by atoms with E-state index in [1.807, 2.05) is 13.8 Å². The van der Waals surface area contributed by atoms with Crippen LogP contribution in [0.2, 0.25) is 0 Å². The number of nitrogens with one attached hydrogen (secondary N) is 1. The topological polar surface area (TPSA) is 75.6 Å². The standard InChI is InChI=1S/C10H19NO4/c1-4-6-7(10(13)14)11-9(12)8(5-2)15-3/h7-8H,4-6H2,1-3H3,(H,11,12)(H,13,14). The Hall–Kier alpha value is -1.10. The lowest BCUT2D eigenvalue weighted by molar-refractivity contribution is -0.144. The first kappa shape index (κ1) is 13.9. The van der Waals surface area contributed by atoms with Crippen LogP contribution in [0.3, 0.4) is 0 Å². The van der Waals surface area contributed by atoms with E-state index in [4.69, 9.17) is 9.84 Å². The molecule has 0 radical (unpaired) electrons. The first-order valence-electron chi connectivity index (χ1n) is 5.12. The van der Waals surface area contributed by atoms with E-state index in [2.05, 4.69) is 5.32 Å². The molecule has 0 spiro atoms. The smallest absolute Gasteiger partial charge is 0.326 e. The molecule has 0 bridgehead atoms. The van der Waals surface area contributed by atoms with Crippen molar-refractivity contribution in [2.24, 2.45) is 0 Å². The predicted molar refractivity (Wildman–Crippen MR) is 55.6 cm³/mol. The van der Waals surface area contributed by atoms with Gasteiger partial charge in [0.05, 0.1) is 0 Å². The highest BCUT2D eigenvalue weighted by Crippen LogP contribution is 2.01. The van der Waals surface area contributed by atoms with E-state index in [0.717, 1.165) is 0 Å². The number of carboxylic acid groups (broad SMARTS) is 1. The van der Waals surface area contributed by atoms with Gasteiger partial charge in [-0.1, -0.05) is 20.3 Å². The predicted octanol–water partition coefficient (Wildman–Crippen LogP) is 0.781. The third-order valence-corrected chi connectivity index (χ3v) is 2.14. The second-order valence-electron chi connectivity index (χ2n) is 3.32. The number of carbonyl (C=O) groups is 2. The summed E-state index contributed by atoms with van der Waals surface area (Å²) in [6.45, 7) is 3.68. The summed E-state index contributed by atoms with van der Waals surface area (Å²) in [6, 6.07) is -0.813. The van der Waals surface area contributed by atoms with E-state index in [-0.39, 0.29) is 5.91 Å².